The van der Waals surface area contributed by atoms with Crippen LogP contribution in [0.2, 0.25) is 0 Å². The van der Waals surface area contributed by atoms with Crippen LogP contribution in [0.1, 0.15) is 46.2 Å². The predicted octanol–water partition coefficient (Wildman–Crippen LogP) is 3.11. The maximum absolute atomic E-state index is 4.36. The van der Waals surface area contributed by atoms with E-state index >= 15 is 0 Å². The number of nitrogens with one attached hydrogen (secondary N) is 1. The molecule has 96 valence electrons. The van der Waals surface area contributed by atoms with Crippen molar-refractivity contribution in [3.8, 4) is 0 Å². The number of hydrogen-bond donors (Lipinski definition) is 1. The highest BCUT2D eigenvalue weighted by atomic mass is 15.3. The third-order valence-electron chi connectivity index (χ3n) is 2.82. The van der Waals surface area contributed by atoms with Gasteiger partial charge in [-0.25, -0.2) is 0 Å². The van der Waals surface area contributed by atoms with E-state index in [1.54, 1.807) is 0 Å². The number of nitrogens with zero attached hydrogens (tertiary/aromatic N) is 2. The van der Waals surface area contributed by atoms with Crippen LogP contribution in [-0.2, 0) is 0 Å². The Morgan fingerprint density at radius 2 is 2.12 bits per heavy atom. The molecule has 0 fully saturated rings. The number of rotatable bonds is 6. The van der Waals surface area contributed by atoms with Crippen LogP contribution in [0.15, 0.2) is 18.0 Å². The van der Waals surface area contributed by atoms with Gasteiger partial charge in [-0.05, 0) is 26.3 Å². The molecule has 0 saturated heterocycles. The van der Waals surface area contributed by atoms with Crippen LogP contribution in [0.5, 0.6) is 0 Å². The van der Waals surface area contributed by atoms with Crippen molar-refractivity contribution in [2.24, 2.45) is 5.92 Å². The minimum atomic E-state index is 0.424. The Labute approximate surface area is 105 Å². The quantitative estimate of drug-likeness (QED) is 0.821. The van der Waals surface area contributed by atoms with Crippen molar-refractivity contribution in [3.63, 3.8) is 0 Å². The van der Waals surface area contributed by atoms with Gasteiger partial charge in [0.05, 0.1) is 6.20 Å². The minimum Gasteiger partial charge on any atom is -0.313 e. The standard InChI is InChI=1S/C14H25N3/c1-6-15-9-14(11(2)3)7-13-8-16-17(10-13)12(4)5/h7-8,10-12,15H,6,9H2,1-5H3. The molecule has 0 aliphatic carbocycles. The van der Waals surface area contributed by atoms with Crippen molar-refractivity contribution in [3.05, 3.63) is 23.5 Å². The van der Waals surface area contributed by atoms with Gasteiger partial charge in [-0.2, -0.15) is 5.10 Å². The first kappa shape index (κ1) is 14.0. The third kappa shape index (κ3) is 4.35. The van der Waals surface area contributed by atoms with Gasteiger partial charge in [0.1, 0.15) is 0 Å². The summed E-state index contributed by atoms with van der Waals surface area (Å²) >= 11 is 0. The van der Waals surface area contributed by atoms with Gasteiger partial charge in [-0.15, -0.1) is 0 Å². The second kappa shape index (κ2) is 6.60. The van der Waals surface area contributed by atoms with E-state index in [0.717, 1.165) is 13.1 Å². The van der Waals surface area contributed by atoms with Crippen LogP contribution in [0.3, 0.4) is 0 Å². The fraction of sp³-hybridized carbons (Fsp3) is 0.643. The van der Waals surface area contributed by atoms with Gasteiger partial charge in [-0.1, -0.05) is 32.4 Å². The molecule has 0 spiro atoms. The Hall–Kier alpha value is -1.09. The molecule has 3 nitrogen and oxygen atoms in total. The van der Waals surface area contributed by atoms with Crippen molar-refractivity contribution in [2.75, 3.05) is 13.1 Å². The van der Waals surface area contributed by atoms with Crippen molar-refractivity contribution < 1.29 is 0 Å². The average molecular weight is 235 g/mol. The van der Waals surface area contributed by atoms with E-state index < -0.39 is 0 Å². The molecule has 1 aromatic heterocycles. The van der Waals surface area contributed by atoms with Gasteiger partial charge in [0.15, 0.2) is 0 Å². The first-order chi connectivity index (χ1) is 8.04. The van der Waals surface area contributed by atoms with Gasteiger partial charge in [-0.3, -0.25) is 4.68 Å². The molecule has 0 aromatic carbocycles. The molecule has 0 atom stereocenters. The van der Waals surface area contributed by atoms with Crippen LogP contribution >= 0.6 is 0 Å². The van der Waals surface area contributed by atoms with E-state index in [2.05, 4.69) is 57.3 Å². The van der Waals surface area contributed by atoms with Crippen LogP contribution in [0.4, 0.5) is 0 Å². The number of hydrogen-bond acceptors (Lipinski definition) is 2. The smallest absolute Gasteiger partial charge is 0.0562 e. The van der Waals surface area contributed by atoms with Crippen molar-refractivity contribution in [1.82, 2.24) is 15.1 Å². The molecule has 1 aromatic rings. The summed E-state index contributed by atoms with van der Waals surface area (Å²) in [5, 5.41) is 7.74. The fourth-order valence-corrected chi connectivity index (χ4v) is 1.61. The summed E-state index contributed by atoms with van der Waals surface area (Å²) < 4.78 is 2.00. The lowest BCUT2D eigenvalue weighted by atomic mass is 10.0. The van der Waals surface area contributed by atoms with E-state index in [-0.39, 0.29) is 0 Å². The second-order valence-corrected chi connectivity index (χ2v) is 5.00. The molecule has 1 heterocycles. The largest absolute Gasteiger partial charge is 0.313 e. The molecule has 0 bridgehead atoms. The Balaban J connectivity index is 2.80. The maximum Gasteiger partial charge on any atom is 0.0562 e. The zero-order valence-electron chi connectivity index (χ0n) is 11.7. The maximum atomic E-state index is 4.36. The highest BCUT2D eigenvalue weighted by Crippen LogP contribution is 2.15. The molecule has 0 saturated carbocycles. The first-order valence-corrected chi connectivity index (χ1v) is 6.50. The topological polar surface area (TPSA) is 29.9 Å². The molecule has 0 unspecified atom stereocenters. The summed E-state index contributed by atoms with van der Waals surface area (Å²) in [5.74, 6) is 0.566. The molecule has 1 rings (SSSR count). The van der Waals surface area contributed by atoms with Crippen molar-refractivity contribution in [2.45, 2.75) is 40.7 Å². The average Bonchev–Trinajstić information content (AvgIpc) is 2.72. The molecule has 0 amide bonds. The molecular formula is C14H25N3. The number of likely N-dealkylation sites (N-methyl/N-ethyl adjacent to an activating group) is 1. The zero-order valence-corrected chi connectivity index (χ0v) is 11.7. The highest BCUT2D eigenvalue weighted by Gasteiger charge is 2.05. The van der Waals surface area contributed by atoms with E-state index in [1.807, 2.05) is 10.9 Å². The summed E-state index contributed by atoms with van der Waals surface area (Å²) in [6, 6.07) is 0.424. The second-order valence-electron chi connectivity index (χ2n) is 5.00. The molecule has 0 aliphatic heterocycles. The first-order valence-electron chi connectivity index (χ1n) is 6.50. The molecule has 17 heavy (non-hydrogen) atoms. The van der Waals surface area contributed by atoms with E-state index in [9.17, 15) is 0 Å². The van der Waals surface area contributed by atoms with Gasteiger partial charge in [0.2, 0.25) is 0 Å². The van der Waals surface area contributed by atoms with E-state index in [0.29, 0.717) is 12.0 Å². The molecular weight excluding hydrogens is 210 g/mol. The summed E-state index contributed by atoms with van der Waals surface area (Å²) in [4.78, 5) is 0. The molecule has 0 aliphatic rings. The summed E-state index contributed by atoms with van der Waals surface area (Å²) in [6.07, 6.45) is 6.30. The van der Waals surface area contributed by atoms with E-state index in [4.69, 9.17) is 0 Å². The predicted molar refractivity (Wildman–Crippen MR) is 74.0 cm³/mol. The van der Waals surface area contributed by atoms with Gasteiger partial charge >= 0.3 is 0 Å². The fourth-order valence-electron chi connectivity index (χ4n) is 1.61. The SMILES string of the molecule is CCNCC(=Cc1cnn(C(C)C)c1)C(C)C. The molecule has 3 heteroatoms. The lowest BCUT2D eigenvalue weighted by Gasteiger charge is -2.11. The third-order valence-corrected chi connectivity index (χ3v) is 2.82. The Bertz CT molecular complexity index is 361. The van der Waals surface area contributed by atoms with Crippen LogP contribution in [0.25, 0.3) is 6.08 Å². The monoisotopic (exact) mass is 235 g/mol. The van der Waals surface area contributed by atoms with Gasteiger partial charge in [0.25, 0.3) is 0 Å². The Kier molecular flexibility index (Phi) is 5.42. The van der Waals surface area contributed by atoms with Crippen LogP contribution in [0, 0.1) is 5.92 Å². The normalized spacial score (nSPS) is 12.8. The Morgan fingerprint density at radius 3 is 2.59 bits per heavy atom. The summed E-state index contributed by atoms with van der Waals surface area (Å²) in [5.41, 5.74) is 2.62. The van der Waals surface area contributed by atoms with Crippen molar-refractivity contribution in [1.29, 1.82) is 0 Å². The lowest BCUT2D eigenvalue weighted by molar-refractivity contribution is 0.532. The Morgan fingerprint density at radius 1 is 1.41 bits per heavy atom. The molecule has 0 radical (unpaired) electrons. The summed E-state index contributed by atoms with van der Waals surface area (Å²) in [7, 11) is 0. The summed E-state index contributed by atoms with van der Waals surface area (Å²) in [6.45, 7) is 12.8. The van der Waals surface area contributed by atoms with Crippen LogP contribution in [-0.4, -0.2) is 22.9 Å². The molecule has 1 N–H and O–H groups in total. The van der Waals surface area contributed by atoms with Gasteiger partial charge < -0.3 is 5.32 Å². The van der Waals surface area contributed by atoms with Gasteiger partial charge in [0, 0.05) is 24.3 Å². The van der Waals surface area contributed by atoms with Crippen LogP contribution < -0.4 is 5.32 Å². The van der Waals surface area contributed by atoms with E-state index in [1.165, 1.54) is 11.1 Å². The zero-order chi connectivity index (χ0) is 12.8. The van der Waals surface area contributed by atoms with Crippen molar-refractivity contribution >= 4 is 6.08 Å². The highest BCUT2D eigenvalue weighted by molar-refractivity contribution is 5.51. The minimum absolute atomic E-state index is 0.424. The number of aromatic nitrogens is 2. The lowest BCUT2D eigenvalue weighted by Crippen LogP contribution is -2.18.